The highest BCUT2D eigenvalue weighted by molar-refractivity contribution is 5.41. The molecule has 0 atom stereocenters. The molecular weight excluding hydrogens is 176 g/mol. The molecule has 0 bridgehead atoms. The zero-order valence-electron chi connectivity index (χ0n) is 9.12. The van der Waals surface area contributed by atoms with Crippen molar-refractivity contribution >= 4 is 5.82 Å². The molecule has 0 saturated carbocycles. The summed E-state index contributed by atoms with van der Waals surface area (Å²) in [5.74, 6) is 0.949. The number of aliphatic hydroxyl groups is 1. The summed E-state index contributed by atoms with van der Waals surface area (Å²) in [5, 5.41) is 8.88. The molecule has 14 heavy (non-hydrogen) atoms. The Morgan fingerprint density at radius 3 is 2.57 bits per heavy atom. The normalized spacial score (nSPS) is 10.3. The van der Waals surface area contributed by atoms with E-state index < -0.39 is 0 Å². The Hall–Kier alpha value is -1.09. The van der Waals surface area contributed by atoms with Crippen molar-refractivity contribution in [2.75, 3.05) is 24.6 Å². The van der Waals surface area contributed by atoms with Gasteiger partial charge in [-0.1, -0.05) is 6.07 Å². The number of pyridine rings is 1. The molecule has 0 amide bonds. The Morgan fingerprint density at radius 1 is 1.36 bits per heavy atom. The molecule has 1 rings (SSSR count). The Kier molecular flexibility index (Phi) is 3.89. The first kappa shape index (κ1) is 11.0. The lowest BCUT2D eigenvalue weighted by molar-refractivity contribution is 0.302. The summed E-state index contributed by atoms with van der Waals surface area (Å²) in [5.41, 5.74) is 2.26. The lowest BCUT2D eigenvalue weighted by Crippen LogP contribution is -2.27. The van der Waals surface area contributed by atoms with E-state index in [2.05, 4.69) is 29.8 Å². The van der Waals surface area contributed by atoms with Crippen LogP contribution in [0.5, 0.6) is 0 Å². The molecule has 0 unspecified atom stereocenters. The third-order valence-electron chi connectivity index (χ3n) is 2.41. The molecule has 0 aliphatic heterocycles. The molecule has 3 nitrogen and oxygen atoms in total. The number of likely N-dealkylation sites (N-methyl/N-ethyl adjacent to an activating group) is 1. The van der Waals surface area contributed by atoms with Crippen LogP contribution < -0.4 is 4.90 Å². The number of anilines is 1. The van der Waals surface area contributed by atoms with Gasteiger partial charge in [0.15, 0.2) is 0 Å². The maximum atomic E-state index is 8.88. The fraction of sp³-hybridized carbons (Fsp3) is 0.545. The van der Waals surface area contributed by atoms with E-state index >= 15 is 0 Å². The van der Waals surface area contributed by atoms with E-state index in [0.29, 0.717) is 6.54 Å². The fourth-order valence-corrected chi connectivity index (χ4v) is 1.35. The second-order valence-electron chi connectivity index (χ2n) is 3.38. The van der Waals surface area contributed by atoms with E-state index in [1.165, 1.54) is 5.56 Å². The number of aryl methyl sites for hydroxylation is 2. The maximum absolute atomic E-state index is 8.88. The van der Waals surface area contributed by atoms with E-state index in [9.17, 15) is 0 Å². The lowest BCUT2D eigenvalue weighted by atomic mass is 10.2. The maximum Gasteiger partial charge on any atom is 0.128 e. The highest BCUT2D eigenvalue weighted by Crippen LogP contribution is 2.13. The number of aliphatic hydroxyl groups excluding tert-OH is 1. The number of nitrogens with zero attached hydrogens (tertiary/aromatic N) is 2. The molecule has 0 radical (unpaired) electrons. The summed E-state index contributed by atoms with van der Waals surface area (Å²) in [6.45, 7) is 7.80. The monoisotopic (exact) mass is 194 g/mol. The molecule has 1 heterocycles. The van der Waals surface area contributed by atoms with Gasteiger partial charge in [-0.25, -0.2) is 4.98 Å². The van der Waals surface area contributed by atoms with Gasteiger partial charge in [0, 0.05) is 18.8 Å². The van der Waals surface area contributed by atoms with Crippen LogP contribution in [0, 0.1) is 13.8 Å². The van der Waals surface area contributed by atoms with Crippen LogP contribution in [0.25, 0.3) is 0 Å². The third kappa shape index (κ3) is 2.45. The molecule has 0 fully saturated rings. The largest absolute Gasteiger partial charge is 0.395 e. The molecule has 0 spiro atoms. The highest BCUT2D eigenvalue weighted by Gasteiger charge is 2.05. The van der Waals surface area contributed by atoms with E-state index in [1.54, 1.807) is 0 Å². The van der Waals surface area contributed by atoms with E-state index in [4.69, 9.17) is 5.11 Å². The van der Waals surface area contributed by atoms with Crippen LogP contribution in [0.1, 0.15) is 18.2 Å². The molecule has 3 heteroatoms. The van der Waals surface area contributed by atoms with Gasteiger partial charge in [0.2, 0.25) is 0 Å². The Balaban J connectivity index is 2.88. The first-order chi connectivity index (χ1) is 6.69. The van der Waals surface area contributed by atoms with Gasteiger partial charge in [0.1, 0.15) is 5.82 Å². The van der Waals surface area contributed by atoms with Crippen molar-refractivity contribution in [3.63, 3.8) is 0 Å². The molecule has 1 aromatic heterocycles. The van der Waals surface area contributed by atoms with Crippen molar-refractivity contribution in [3.8, 4) is 0 Å². The van der Waals surface area contributed by atoms with Crippen LogP contribution in [0.3, 0.4) is 0 Å². The van der Waals surface area contributed by atoms with Gasteiger partial charge < -0.3 is 10.0 Å². The topological polar surface area (TPSA) is 36.4 Å². The summed E-state index contributed by atoms with van der Waals surface area (Å²) in [4.78, 5) is 6.54. The third-order valence-corrected chi connectivity index (χ3v) is 2.41. The van der Waals surface area contributed by atoms with Gasteiger partial charge in [-0.15, -0.1) is 0 Å². The van der Waals surface area contributed by atoms with Gasteiger partial charge in [0.05, 0.1) is 6.61 Å². The molecule has 78 valence electrons. The number of aromatic nitrogens is 1. The summed E-state index contributed by atoms with van der Waals surface area (Å²) in [7, 11) is 0. The number of rotatable bonds is 4. The quantitative estimate of drug-likeness (QED) is 0.789. The van der Waals surface area contributed by atoms with Crippen LogP contribution in [0.2, 0.25) is 0 Å². The first-order valence-corrected chi connectivity index (χ1v) is 4.99. The Labute approximate surface area is 85.4 Å². The van der Waals surface area contributed by atoms with Crippen LogP contribution in [0.4, 0.5) is 5.82 Å². The van der Waals surface area contributed by atoms with E-state index in [0.717, 1.165) is 18.1 Å². The van der Waals surface area contributed by atoms with E-state index in [1.807, 2.05) is 13.0 Å². The van der Waals surface area contributed by atoms with E-state index in [-0.39, 0.29) is 6.61 Å². The first-order valence-electron chi connectivity index (χ1n) is 4.99. The van der Waals surface area contributed by atoms with Crippen LogP contribution >= 0.6 is 0 Å². The van der Waals surface area contributed by atoms with Crippen LogP contribution in [0.15, 0.2) is 12.1 Å². The van der Waals surface area contributed by atoms with Gasteiger partial charge in [0.25, 0.3) is 0 Å². The van der Waals surface area contributed by atoms with Crippen molar-refractivity contribution in [1.29, 1.82) is 0 Å². The minimum absolute atomic E-state index is 0.169. The Morgan fingerprint density at radius 2 is 2.07 bits per heavy atom. The average molecular weight is 194 g/mol. The molecule has 0 saturated heterocycles. The summed E-state index contributed by atoms with van der Waals surface area (Å²) in [6, 6.07) is 4.07. The molecule has 0 aliphatic carbocycles. The standard InChI is InChI=1S/C11H18N2O/c1-4-13(7-8-14)11-6-5-9(2)10(3)12-11/h5-6,14H,4,7-8H2,1-3H3. The molecule has 1 N–H and O–H groups in total. The molecule has 1 aromatic rings. The number of hydrogen-bond donors (Lipinski definition) is 1. The summed E-state index contributed by atoms with van der Waals surface area (Å²) < 4.78 is 0. The predicted molar refractivity (Wildman–Crippen MR) is 58.7 cm³/mol. The van der Waals surface area contributed by atoms with Gasteiger partial charge in [-0.3, -0.25) is 0 Å². The second kappa shape index (κ2) is 4.96. The van der Waals surface area contributed by atoms with Crippen molar-refractivity contribution in [2.45, 2.75) is 20.8 Å². The number of hydrogen-bond acceptors (Lipinski definition) is 3. The fourth-order valence-electron chi connectivity index (χ4n) is 1.35. The van der Waals surface area contributed by atoms with Crippen molar-refractivity contribution < 1.29 is 5.11 Å². The Bertz CT molecular complexity index is 299. The minimum atomic E-state index is 0.169. The zero-order chi connectivity index (χ0) is 10.6. The molecular formula is C11H18N2O. The molecule has 0 aromatic carbocycles. The minimum Gasteiger partial charge on any atom is -0.395 e. The van der Waals surface area contributed by atoms with Crippen molar-refractivity contribution in [1.82, 2.24) is 4.98 Å². The smallest absolute Gasteiger partial charge is 0.128 e. The van der Waals surface area contributed by atoms with Crippen molar-refractivity contribution in [2.24, 2.45) is 0 Å². The van der Waals surface area contributed by atoms with Gasteiger partial charge >= 0.3 is 0 Å². The van der Waals surface area contributed by atoms with Gasteiger partial charge in [-0.2, -0.15) is 0 Å². The SMILES string of the molecule is CCN(CCO)c1ccc(C)c(C)n1. The average Bonchev–Trinajstić information content (AvgIpc) is 2.19. The van der Waals surface area contributed by atoms with Crippen molar-refractivity contribution in [3.05, 3.63) is 23.4 Å². The lowest BCUT2D eigenvalue weighted by Gasteiger charge is -2.21. The summed E-state index contributed by atoms with van der Waals surface area (Å²) >= 11 is 0. The zero-order valence-corrected chi connectivity index (χ0v) is 9.12. The summed E-state index contributed by atoms with van der Waals surface area (Å²) in [6.07, 6.45) is 0. The predicted octanol–water partition coefficient (Wildman–Crippen LogP) is 1.52. The molecule has 0 aliphatic rings. The van der Waals surface area contributed by atoms with Gasteiger partial charge in [-0.05, 0) is 32.4 Å². The van der Waals surface area contributed by atoms with Crippen LogP contribution in [-0.2, 0) is 0 Å². The highest BCUT2D eigenvalue weighted by atomic mass is 16.3. The second-order valence-corrected chi connectivity index (χ2v) is 3.38. The van der Waals surface area contributed by atoms with Crippen LogP contribution in [-0.4, -0.2) is 29.8 Å².